The van der Waals surface area contributed by atoms with Crippen LogP contribution in [0.2, 0.25) is 0 Å². The predicted octanol–water partition coefficient (Wildman–Crippen LogP) is 7.06. The molecule has 6 rings (SSSR count). The molecule has 1 aliphatic rings. The van der Waals surface area contributed by atoms with Crippen LogP contribution in [0.1, 0.15) is 30.7 Å². The topological polar surface area (TPSA) is 25.8 Å². The lowest BCUT2D eigenvalue weighted by molar-refractivity contribution is 0.660. The molecule has 0 aliphatic heterocycles. The third-order valence-corrected chi connectivity index (χ3v) is 6.59. The normalized spacial score (nSPS) is 14.1. The van der Waals surface area contributed by atoms with Crippen LogP contribution in [0.3, 0.4) is 0 Å². The number of aromatic nitrogens is 2. The molecular weight excluding hydrogens is 364 g/mol. The molecule has 0 fully saturated rings. The standard InChI is InChI=1S/C28H22N2/c1-17-26(30-27-20-9-5-4-8-18(20)13-15-25(27)29-17)19-12-14-22-21-10-6-7-11-23(21)28(2,3)24(22)16-19/h4-16H,1-3H3. The summed E-state index contributed by atoms with van der Waals surface area (Å²) in [5.74, 6) is 0. The molecule has 0 atom stereocenters. The second-order valence-electron chi connectivity index (χ2n) is 8.74. The highest BCUT2D eigenvalue weighted by Crippen LogP contribution is 2.49. The van der Waals surface area contributed by atoms with Crippen molar-refractivity contribution in [1.82, 2.24) is 9.97 Å². The number of fused-ring (bicyclic) bond motifs is 6. The minimum Gasteiger partial charge on any atom is -0.249 e. The van der Waals surface area contributed by atoms with Gasteiger partial charge in [0.15, 0.2) is 0 Å². The third-order valence-electron chi connectivity index (χ3n) is 6.59. The van der Waals surface area contributed by atoms with E-state index < -0.39 is 0 Å². The van der Waals surface area contributed by atoms with E-state index in [0.29, 0.717) is 0 Å². The molecule has 0 radical (unpaired) electrons. The second kappa shape index (κ2) is 5.99. The first-order valence-electron chi connectivity index (χ1n) is 10.4. The molecule has 0 bridgehead atoms. The number of aryl methyl sites for hydroxylation is 1. The fraction of sp³-hybridized carbons (Fsp3) is 0.143. The van der Waals surface area contributed by atoms with Gasteiger partial charge in [0.2, 0.25) is 0 Å². The zero-order chi connectivity index (χ0) is 20.5. The highest BCUT2D eigenvalue weighted by molar-refractivity contribution is 6.04. The van der Waals surface area contributed by atoms with Gasteiger partial charge in [0.05, 0.1) is 22.4 Å². The maximum Gasteiger partial charge on any atom is 0.0972 e. The Kier molecular flexibility index (Phi) is 3.47. The summed E-state index contributed by atoms with van der Waals surface area (Å²) in [4.78, 5) is 10.0. The lowest BCUT2D eigenvalue weighted by Crippen LogP contribution is -2.15. The Bertz CT molecular complexity index is 1480. The van der Waals surface area contributed by atoms with Gasteiger partial charge in [0, 0.05) is 16.4 Å². The minimum atomic E-state index is -0.0210. The van der Waals surface area contributed by atoms with Crippen molar-refractivity contribution in [2.75, 3.05) is 0 Å². The molecule has 0 saturated carbocycles. The van der Waals surface area contributed by atoms with Crippen molar-refractivity contribution in [3.05, 3.63) is 95.7 Å². The Morgan fingerprint density at radius 1 is 0.700 bits per heavy atom. The molecule has 1 aliphatic carbocycles. The number of hydrogen-bond acceptors (Lipinski definition) is 2. The summed E-state index contributed by atoms with van der Waals surface area (Å²) in [6.07, 6.45) is 0. The first-order valence-corrected chi connectivity index (χ1v) is 10.4. The molecule has 1 heterocycles. The fourth-order valence-corrected chi connectivity index (χ4v) is 5.00. The summed E-state index contributed by atoms with van der Waals surface area (Å²) in [6.45, 7) is 6.69. The molecule has 0 saturated heterocycles. The first-order chi connectivity index (χ1) is 14.5. The van der Waals surface area contributed by atoms with E-state index in [-0.39, 0.29) is 5.41 Å². The van der Waals surface area contributed by atoms with E-state index in [1.54, 1.807) is 0 Å². The van der Waals surface area contributed by atoms with E-state index in [2.05, 4.69) is 99.6 Å². The number of benzene rings is 4. The fourth-order valence-electron chi connectivity index (χ4n) is 5.00. The maximum absolute atomic E-state index is 5.13. The molecule has 4 aromatic carbocycles. The monoisotopic (exact) mass is 386 g/mol. The average Bonchev–Trinajstić information content (AvgIpc) is 3.00. The van der Waals surface area contributed by atoms with E-state index in [1.165, 1.54) is 27.6 Å². The van der Waals surface area contributed by atoms with E-state index >= 15 is 0 Å². The summed E-state index contributed by atoms with van der Waals surface area (Å²) in [6, 6.07) is 28.1. The zero-order valence-electron chi connectivity index (χ0n) is 17.4. The van der Waals surface area contributed by atoms with E-state index in [0.717, 1.165) is 33.4 Å². The summed E-state index contributed by atoms with van der Waals surface area (Å²) in [5, 5.41) is 2.34. The highest BCUT2D eigenvalue weighted by Gasteiger charge is 2.35. The Morgan fingerprint density at radius 2 is 1.47 bits per heavy atom. The Balaban J connectivity index is 1.60. The molecule has 0 N–H and O–H groups in total. The van der Waals surface area contributed by atoms with Crippen LogP contribution >= 0.6 is 0 Å². The van der Waals surface area contributed by atoms with Crippen LogP contribution in [0.4, 0.5) is 0 Å². The Labute approximate surface area is 176 Å². The van der Waals surface area contributed by atoms with Gasteiger partial charge in [-0.05, 0) is 46.7 Å². The Morgan fingerprint density at radius 3 is 2.37 bits per heavy atom. The van der Waals surface area contributed by atoms with E-state index in [4.69, 9.17) is 9.97 Å². The maximum atomic E-state index is 5.13. The zero-order valence-corrected chi connectivity index (χ0v) is 17.4. The van der Waals surface area contributed by atoms with Crippen molar-refractivity contribution in [1.29, 1.82) is 0 Å². The van der Waals surface area contributed by atoms with Crippen molar-refractivity contribution in [3.63, 3.8) is 0 Å². The van der Waals surface area contributed by atoms with Gasteiger partial charge in [-0.3, -0.25) is 0 Å². The molecule has 2 nitrogen and oxygen atoms in total. The summed E-state index contributed by atoms with van der Waals surface area (Å²) in [7, 11) is 0. The van der Waals surface area contributed by atoms with Crippen LogP contribution < -0.4 is 0 Å². The van der Waals surface area contributed by atoms with Crippen LogP contribution in [-0.2, 0) is 5.41 Å². The molecule has 1 aromatic heterocycles. The smallest absolute Gasteiger partial charge is 0.0972 e. The van der Waals surface area contributed by atoms with Crippen LogP contribution in [0.25, 0.3) is 44.2 Å². The van der Waals surface area contributed by atoms with Gasteiger partial charge in [-0.15, -0.1) is 0 Å². The van der Waals surface area contributed by atoms with Crippen LogP contribution in [0.5, 0.6) is 0 Å². The van der Waals surface area contributed by atoms with Crippen LogP contribution in [0.15, 0.2) is 78.9 Å². The van der Waals surface area contributed by atoms with Gasteiger partial charge in [0.25, 0.3) is 0 Å². The average molecular weight is 386 g/mol. The largest absolute Gasteiger partial charge is 0.249 e. The van der Waals surface area contributed by atoms with Crippen molar-refractivity contribution in [3.8, 4) is 22.4 Å². The molecule has 0 amide bonds. The van der Waals surface area contributed by atoms with Gasteiger partial charge >= 0.3 is 0 Å². The number of hydrogen-bond donors (Lipinski definition) is 0. The lowest BCUT2D eigenvalue weighted by atomic mass is 9.82. The van der Waals surface area contributed by atoms with Crippen molar-refractivity contribution in [2.24, 2.45) is 0 Å². The molecule has 144 valence electrons. The van der Waals surface area contributed by atoms with Gasteiger partial charge in [0.1, 0.15) is 0 Å². The summed E-state index contributed by atoms with van der Waals surface area (Å²) < 4.78 is 0. The van der Waals surface area contributed by atoms with Crippen molar-refractivity contribution < 1.29 is 0 Å². The van der Waals surface area contributed by atoms with Gasteiger partial charge in [-0.2, -0.15) is 0 Å². The van der Waals surface area contributed by atoms with Gasteiger partial charge in [-0.25, -0.2) is 9.97 Å². The Hall–Kier alpha value is -3.52. The molecular formula is C28H22N2. The lowest BCUT2D eigenvalue weighted by Gasteiger charge is -2.22. The summed E-state index contributed by atoms with van der Waals surface area (Å²) >= 11 is 0. The number of nitrogens with zero attached hydrogens (tertiary/aromatic N) is 2. The number of rotatable bonds is 1. The molecule has 30 heavy (non-hydrogen) atoms. The van der Waals surface area contributed by atoms with E-state index in [1.807, 2.05) is 0 Å². The molecule has 0 unspecified atom stereocenters. The first kappa shape index (κ1) is 17.3. The predicted molar refractivity (Wildman–Crippen MR) is 125 cm³/mol. The van der Waals surface area contributed by atoms with Crippen molar-refractivity contribution >= 4 is 21.8 Å². The molecule has 2 heteroatoms. The van der Waals surface area contributed by atoms with Crippen molar-refractivity contribution in [2.45, 2.75) is 26.2 Å². The highest BCUT2D eigenvalue weighted by atomic mass is 14.8. The van der Waals surface area contributed by atoms with Gasteiger partial charge < -0.3 is 0 Å². The molecule has 0 spiro atoms. The quantitative estimate of drug-likeness (QED) is 0.288. The minimum absolute atomic E-state index is 0.0210. The van der Waals surface area contributed by atoms with Crippen LogP contribution in [0, 0.1) is 6.92 Å². The summed E-state index contributed by atoms with van der Waals surface area (Å²) in [5.41, 5.74) is 10.4. The van der Waals surface area contributed by atoms with Gasteiger partial charge in [-0.1, -0.05) is 80.6 Å². The third kappa shape index (κ3) is 2.31. The molecule has 5 aromatic rings. The van der Waals surface area contributed by atoms with Crippen LogP contribution in [-0.4, -0.2) is 9.97 Å². The SMILES string of the molecule is Cc1nc2ccc3ccccc3c2nc1-c1ccc2c(c1)C(C)(C)c1ccccc1-2. The second-order valence-corrected chi connectivity index (χ2v) is 8.74. The van der Waals surface area contributed by atoms with E-state index in [9.17, 15) is 0 Å².